The fraction of sp³-hybridized carbons (Fsp3) is 0.263. The van der Waals surface area contributed by atoms with Gasteiger partial charge >= 0.3 is 0 Å². The third-order valence-corrected chi connectivity index (χ3v) is 6.33. The molecule has 10 heteroatoms. The monoisotopic (exact) mass is 439 g/mol. The Morgan fingerprint density at radius 2 is 1.93 bits per heavy atom. The van der Waals surface area contributed by atoms with Crippen molar-refractivity contribution in [1.82, 2.24) is 4.72 Å². The Bertz CT molecular complexity index is 1040. The molecular weight excluding hydrogens is 421 g/mol. The van der Waals surface area contributed by atoms with E-state index in [2.05, 4.69) is 10.0 Å². The minimum Gasteiger partial charge on any atom is -0.326 e. The van der Waals surface area contributed by atoms with Gasteiger partial charge in [-0.3, -0.25) is 9.59 Å². The number of benzene rings is 2. The highest BCUT2D eigenvalue weighted by Gasteiger charge is 2.35. The maximum atomic E-state index is 13.3. The number of hydrogen-bond donors (Lipinski definition) is 2. The van der Waals surface area contributed by atoms with E-state index in [9.17, 15) is 22.4 Å². The van der Waals surface area contributed by atoms with Crippen LogP contribution in [0.4, 0.5) is 15.8 Å². The van der Waals surface area contributed by atoms with Gasteiger partial charge in [-0.25, -0.2) is 17.5 Å². The molecule has 1 aliphatic heterocycles. The molecule has 2 amide bonds. The highest BCUT2D eigenvalue weighted by Crippen LogP contribution is 2.29. The first-order valence-electron chi connectivity index (χ1n) is 8.87. The molecule has 1 fully saturated rings. The van der Waals surface area contributed by atoms with Crippen LogP contribution >= 0.6 is 11.6 Å². The maximum absolute atomic E-state index is 13.3. The summed E-state index contributed by atoms with van der Waals surface area (Å²) in [5, 5.41) is 2.59. The Hall–Kier alpha value is -2.49. The van der Waals surface area contributed by atoms with Crippen LogP contribution in [-0.4, -0.2) is 33.3 Å². The topological polar surface area (TPSA) is 95.6 Å². The van der Waals surface area contributed by atoms with Crippen LogP contribution in [-0.2, 0) is 19.6 Å². The van der Waals surface area contributed by atoms with E-state index in [1.807, 2.05) is 0 Å². The van der Waals surface area contributed by atoms with E-state index in [0.717, 1.165) is 0 Å². The molecule has 1 saturated heterocycles. The number of halogens is 2. The molecule has 3 rings (SSSR count). The van der Waals surface area contributed by atoms with Crippen LogP contribution in [0.3, 0.4) is 0 Å². The smallest absolute Gasteiger partial charge is 0.240 e. The minimum absolute atomic E-state index is 0.00765. The zero-order chi connectivity index (χ0) is 21.2. The summed E-state index contributed by atoms with van der Waals surface area (Å²) in [4.78, 5) is 26.3. The first kappa shape index (κ1) is 21.2. The zero-order valence-electron chi connectivity index (χ0n) is 15.5. The van der Waals surface area contributed by atoms with Crippen LogP contribution < -0.4 is 14.9 Å². The minimum atomic E-state index is -3.57. The summed E-state index contributed by atoms with van der Waals surface area (Å²) in [7, 11) is -3.57. The molecule has 2 N–H and O–H groups in total. The van der Waals surface area contributed by atoms with Gasteiger partial charge in [0.1, 0.15) is 5.82 Å². The molecule has 1 aliphatic rings. The second kappa shape index (κ2) is 8.48. The molecule has 0 spiro atoms. The third-order valence-electron chi connectivity index (χ3n) is 4.48. The van der Waals surface area contributed by atoms with Crippen molar-refractivity contribution >= 4 is 44.8 Å². The van der Waals surface area contributed by atoms with Gasteiger partial charge in [0.15, 0.2) is 0 Å². The highest BCUT2D eigenvalue weighted by molar-refractivity contribution is 7.89. The Morgan fingerprint density at radius 1 is 1.24 bits per heavy atom. The molecule has 1 heterocycles. The van der Waals surface area contributed by atoms with E-state index in [0.29, 0.717) is 11.4 Å². The first-order chi connectivity index (χ1) is 13.7. The lowest BCUT2D eigenvalue weighted by Crippen LogP contribution is -2.28. The normalized spacial score (nSPS) is 16.9. The van der Waals surface area contributed by atoms with Crippen LogP contribution in [0.1, 0.15) is 13.3 Å². The summed E-state index contributed by atoms with van der Waals surface area (Å²) in [5.74, 6) is -1.82. The van der Waals surface area contributed by atoms with Crippen molar-refractivity contribution in [2.75, 3.05) is 23.3 Å². The number of rotatable bonds is 6. The van der Waals surface area contributed by atoms with Crippen LogP contribution in [0, 0.1) is 11.7 Å². The molecule has 2 aromatic rings. The Balaban J connectivity index is 1.67. The molecule has 29 heavy (non-hydrogen) atoms. The molecule has 1 unspecified atom stereocenters. The lowest BCUT2D eigenvalue weighted by atomic mass is 10.1. The summed E-state index contributed by atoms with van der Waals surface area (Å²) in [6, 6.07) is 9.69. The molecule has 7 nitrogen and oxygen atoms in total. The largest absolute Gasteiger partial charge is 0.326 e. The second-order valence-electron chi connectivity index (χ2n) is 6.52. The van der Waals surface area contributed by atoms with Crippen molar-refractivity contribution in [3.8, 4) is 0 Å². The number of anilines is 2. The number of sulfonamides is 1. The van der Waals surface area contributed by atoms with Gasteiger partial charge in [0, 0.05) is 30.9 Å². The van der Waals surface area contributed by atoms with E-state index in [-0.39, 0.29) is 41.2 Å². The summed E-state index contributed by atoms with van der Waals surface area (Å²) < 4.78 is 39.6. The molecule has 1 atom stereocenters. The van der Waals surface area contributed by atoms with E-state index >= 15 is 0 Å². The molecule has 0 aliphatic carbocycles. The predicted octanol–water partition coefficient (Wildman–Crippen LogP) is 2.77. The van der Waals surface area contributed by atoms with Gasteiger partial charge in [0.2, 0.25) is 21.8 Å². The van der Waals surface area contributed by atoms with Crippen molar-refractivity contribution < 1.29 is 22.4 Å². The van der Waals surface area contributed by atoms with Gasteiger partial charge in [-0.2, -0.15) is 0 Å². The third kappa shape index (κ3) is 4.75. The van der Waals surface area contributed by atoms with E-state index < -0.39 is 21.8 Å². The van der Waals surface area contributed by atoms with Crippen LogP contribution in [0.25, 0.3) is 0 Å². The molecule has 0 aromatic heterocycles. The number of amides is 2. The van der Waals surface area contributed by atoms with E-state index in [1.165, 1.54) is 47.4 Å². The number of hydrogen-bond acceptors (Lipinski definition) is 4. The average molecular weight is 440 g/mol. The number of nitrogens with zero attached hydrogens (tertiary/aromatic N) is 1. The zero-order valence-corrected chi connectivity index (χ0v) is 17.1. The lowest BCUT2D eigenvalue weighted by Gasteiger charge is -2.17. The van der Waals surface area contributed by atoms with Gasteiger partial charge < -0.3 is 10.2 Å². The molecular formula is C19H19ClFN3O4S. The van der Waals surface area contributed by atoms with Crippen molar-refractivity contribution in [2.24, 2.45) is 5.92 Å². The summed E-state index contributed by atoms with van der Waals surface area (Å²) >= 11 is 5.77. The maximum Gasteiger partial charge on any atom is 0.240 e. The van der Waals surface area contributed by atoms with Crippen molar-refractivity contribution in [3.05, 3.63) is 53.3 Å². The van der Waals surface area contributed by atoms with Crippen LogP contribution in [0.2, 0.25) is 5.02 Å². The summed E-state index contributed by atoms with van der Waals surface area (Å²) in [6.07, 6.45) is 0.00765. The predicted molar refractivity (Wildman–Crippen MR) is 108 cm³/mol. The molecule has 0 radical (unpaired) electrons. The summed E-state index contributed by atoms with van der Waals surface area (Å²) in [6.45, 7) is 2.09. The number of nitrogens with one attached hydrogen (secondary N) is 2. The van der Waals surface area contributed by atoms with Gasteiger partial charge in [-0.05, 0) is 42.5 Å². The molecule has 0 saturated carbocycles. The Morgan fingerprint density at radius 3 is 2.55 bits per heavy atom. The molecule has 154 valence electrons. The van der Waals surface area contributed by atoms with Crippen LogP contribution in [0.5, 0.6) is 0 Å². The molecule has 2 aromatic carbocycles. The van der Waals surface area contributed by atoms with E-state index in [1.54, 1.807) is 6.92 Å². The van der Waals surface area contributed by atoms with Crippen molar-refractivity contribution in [3.63, 3.8) is 0 Å². The van der Waals surface area contributed by atoms with Crippen LogP contribution in [0.15, 0.2) is 47.4 Å². The second-order valence-corrected chi connectivity index (χ2v) is 8.69. The van der Waals surface area contributed by atoms with E-state index in [4.69, 9.17) is 11.6 Å². The lowest BCUT2D eigenvalue weighted by molar-refractivity contribution is -0.122. The quantitative estimate of drug-likeness (QED) is 0.723. The SMILES string of the molecule is CCNS(=O)(=O)c1ccc(NC(=O)C2CC(=O)N(c3ccc(F)c(Cl)c3)C2)cc1. The summed E-state index contributed by atoms with van der Waals surface area (Å²) in [5.41, 5.74) is 0.843. The first-order valence-corrected chi connectivity index (χ1v) is 10.7. The van der Waals surface area contributed by atoms with Gasteiger partial charge in [0.25, 0.3) is 0 Å². The number of carbonyl (C=O) groups is 2. The average Bonchev–Trinajstić information content (AvgIpc) is 3.06. The van der Waals surface area contributed by atoms with Gasteiger partial charge in [-0.15, -0.1) is 0 Å². The van der Waals surface area contributed by atoms with Gasteiger partial charge in [0.05, 0.1) is 15.8 Å². The van der Waals surface area contributed by atoms with Gasteiger partial charge in [-0.1, -0.05) is 18.5 Å². The fourth-order valence-corrected chi connectivity index (χ4v) is 4.24. The molecule has 0 bridgehead atoms. The fourth-order valence-electron chi connectivity index (χ4n) is 3.02. The van der Waals surface area contributed by atoms with Crippen molar-refractivity contribution in [1.29, 1.82) is 0 Å². The Labute approximate surface area is 172 Å². The van der Waals surface area contributed by atoms with Crippen molar-refractivity contribution in [2.45, 2.75) is 18.2 Å². The Kier molecular flexibility index (Phi) is 6.21. The standard InChI is InChI=1S/C19H19ClFN3O4S/c1-2-22-29(27,28)15-6-3-13(4-7-15)23-19(26)12-9-18(25)24(11-12)14-5-8-17(21)16(20)10-14/h3-8,10,12,22H,2,9,11H2,1H3,(H,23,26). The highest BCUT2D eigenvalue weighted by atomic mass is 35.5. The number of carbonyl (C=O) groups excluding carboxylic acids is 2.